The molecule has 0 aromatic rings. The summed E-state index contributed by atoms with van der Waals surface area (Å²) in [7, 11) is 0. The average molecular weight is 310 g/mol. The summed E-state index contributed by atoms with van der Waals surface area (Å²) in [6, 6.07) is 0.204. The first-order chi connectivity index (χ1) is 9.78. The molecular weight excluding hydrogens is 276 g/mol. The van der Waals surface area contributed by atoms with Crippen LogP contribution in [0.25, 0.3) is 0 Å². The summed E-state index contributed by atoms with van der Waals surface area (Å²) < 4.78 is 5.68. The molecule has 1 atom stereocenters. The summed E-state index contributed by atoms with van der Waals surface area (Å²) in [5, 5.41) is 0. The van der Waals surface area contributed by atoms with Gasteiger partial charge in [0.05, 0.1) is 0 Å². The van der Waals surface area contributed by atoms with E-state index in [4.69, 9.17) is 10.5 Å². The first-order valence-corrected chi connectivity index (χ1v) is 8.56. The summed E-state index contributed by atoms with van der Waals surface area (Å²) in [6.45, 7) is 15.2. The van der Waals surface area contributed by atoms with Crippen LogP contribution in [0.1, 0.15) is 74.1 Å². The van der Waals surface area contributed by atoms with Crippen molar-refractivity contribution in [3.05, 3.63) is 0 Å². The Bertz CT molecular complexity index is 439. The fourth-order valence-corrected chi connectivity index (χ4v) is 3.96. The first kappa shape index (κ1) is 17.6. The van der Waals surface area contributed by atoms with E-state index in [9.17, 15) is 4.79 Å². The normalized spacial score (nSPS) is 27.5. The van der Waals surface area contributed by atoms with E-state index in [0.29, 0.717) is 0 Å². The Morgan fingerprint density at radius 1 is 1.14 bits per heavy atom. The summed E-state index contributed by atoms with van der Waals surface area (Å²) in [6.07, 6.45) is 4.20. The molecule has 2 N–H and O–H groups in total. The van der Waals surface area contributed by atoms with Gasteiger partial charge in [0.25, 0.3) is 0 Å². The third-order valence-electron chi connectivity index (χ3n) is 5.41. The number of ether oxygens (including phenoxy) is 1. The van der Waals surface area contributed by atoms with Crippen molar-refractivity contribution in [2.45, 2.75) is 91.3 Å². The molecule has 1 heterocycles. The Balaban J connectivity index is 2.26. The van der Waals surface area contributed by atoms with Gasteiger partial charge in [0.15, 0.2) is 0 Å². The van der Waals surface area contributed by atoms with E-state index in [1.807, 2.05) is 25.7 Å². The molecule has 2 fully saturated rings. The topological polar surface area (TPSA) is 55.6 Å². The molecule has 0 spiro atoms. The van der Waals surface area contributed by atoms with E-state index in [-0.39, 0.29) is 28.5 Å². The highest BCUT2D eigenvalue weighted by Crippen LogP contribution is 2.59. The number of nitrogens with two attached hydrogens (primary N) is 1. The summed E-state index contributed by atoms with van der Waals surface area (Å²) in [5.74, 6) is 0. The lowest BCUT2D eigenvalue weighted by Crippen LogP contribution is -2.60. The number of carbonyl (C=O) groups is 1. The van der Waals surface area contributed by atoms with Crippen LogP contribution in [0.2, 0.25) is 0 Å². The maximum Gasteiger partial charge on any atom is 0.410 e. The van der Waals surface area contributed by atoms with E-state index in [1.165, 1.54) is 0 Å². The lowest BCUT2D eigenvalue weighted by Gasteiger charge is -2.50. The summed E-state index contributed by atoms with van der Waals surface area (Å²) in [4.78, 5) is 14.8. The van der Waals surface area contributed by atoms with Gasteiger partial charge in [0.2, 0.25) is 0 Å². The van der Waals surface area contributed by atoms with Gasteiger partial charge in [0, 0.05) is 23.5 Å². The van der Waals surface area contributed by atoms with Crippen molar-refractivity contribution in [3.8, 4) is 0 Å². The van der Waals surface area contributed by atoms with Crippen LogP contribution in [0.3, 0.4) is 0 Å². The average Bonchev–Trinajstić information content (AvgIpc) is 3.05. The van der Waals surface area contributed by atoms with Crippen LogP contribution in [0, 0.1) is 10.8 Å². The smallest absolute Gasteiger partial charge is 0.410 e. The molecule has 0 aromatic carbocycles. The van der Waals surface area contributed by atoms with Gasteiger partial charge in [-0.25, -0.2) is 4.79 Å². The molecule has 1 unspecified atom stereocenters. The molecule has 1 aliphatic carbocycles. The number of nitrogens with zero attached hydrogens (tertiary/aromatic N) is 1. The quantitative estimate of drug-likeness (QED) is 0.840. The monoisotopic (exact) mass is 310 g/mol. The number of carbonyl (C=O) groups excluding carboxylic acids is 1. The fourth-order valence-electron chi connectivity index (χ4n) is 3.96. The second-order valence-corrected chi connectivity index (χ2v) is 9.70. The minimum atomic E-state index is -0.460. The van der Waals surface area contributed by atoms with E-state index in [1.54, 1.807) is 0 Å². The van der Waals surface area contributed by atoms with Crippen LogP contribution in [0.15, 0.2) is 0 Å². The number of rotatable bonds is 2. The molecule has 1 amide bonds. The highest BCUT2D eigenvalue weighted by atomic mass is 16.6. The molecule has 0 radical (unpaired) electrons. The van der Waals surface area contributed by atoms with Crippen LogP contribution in [0.4, 0.5) is 4.79 Å². The third-order valence-corrected chi connectivity index (χ3v) is 5.41. The molecule has 128 valence electrons. The van der Waals surface area contributed by atoms with Crippen molar-refractivity contribution < 1.29 is 9.53 Å². The standard InChI is InChI=1S/C18H34N2O2/c1-15(2,3)22-14(21)20-12-16(4,5)9-8-13(20)18(10-11-18)17(6,7)19/h13H,8-12,19H2,1-7H3. The predicted octanol–water partition coefficient (Wildman–Crippen LogP) is 3.93. The Hall–Kier alpha value is -0.770. The Morgan fingerprint density at radius 2 is 1.68 bits per heavy atom. The van der Waals surface area contributed by atoms with Gasteiger partial charge in [-0.3, -0.25) is 0 Å². The third kappa shape index (κ3) is 3.42. The van der Waals surface area contributed by atoms with E-state index < -0.39 is 5.60 Å². The Morgan fingerprint density at radius 3 is 2.09 bits per heavy atom. The summed E-state index contributed by atoms with van der Waals surface area (Å²) >= 11 is 0. The second kappa shape index (κ2) is 5.12. The molecule has 0 bridgehead atoms. The predicted molar refractivity (Wildman–Crippen MR) is 89.7 cm³/mol. The second-order valence-electron chi connectivity index (χ2n) is 9.70. The first-order valence-electron chi connectivity index (χ1n) is 8.56. The summed E-state index contributed by atoms with van der Waals surface area (Å²) in [5.41, 5.74) is 5.96. The van der Waals surface area contributed by atoms with Crippen LogP contribution in [-0.4, -0.2) is 34.7 Å². The number of hydrogen-bond donors (Lipinski definition) is 1. The highest BCUT2D eigenvalue weighted by molar-refractivity contribution is 5.69. The van der Waals surface area contributed by atoms with Crippen molar-refractivity contribution >= 4 is 6.09 Å². The van der Waals surface area contributed by atoms with Crippen molar-refractivity contribution in [2.75, 3.05) is 6.54 Å². The van der Waals surface area contributed by atoms with E-state index in [0.717, 1.165) is 32.2 Å². The number of hydrogen-bond acceptors (Lipinski definition) is 3. The molecule has 4 heteroatoms. The van der Waals surface area contributed by atoms with E-state index >= 15 is 0 Å². The Labute approximate surface area is 135 Å². The van der Waals surface area contributed by atoms with Crippen molar-refractivity contribution in [1.29, 1.82) is 0 Å². The Kier molecular flexibility index (Phi) is 4.09. The molecular formula is C18H34N2O2. The van der Waals surface area contributed by atoms with Gasteiger partial charge < -0.3 is 15.4 Å². The lowest BCUT2D eigenvalue weighted by atomic mass is 9.71. The van der Waals surface area contributed by atoms with Gasteiger partial charge in [-0.15, -0.1) is 0 Å². The molecule has 22 heavy (non-hydrogen) atoms. The van der Waals surface area contributed by atoms with Crippen LogP contribution >= 0.6 is 0 Å². The van der Waals surface area contributed by atoms with Gasteiger partial charge in [0.1, 0.15) is 5.60 Å². The van der Waals surface area contributed by atoms with Gasteiger partial charge >= 0.3 is 6.09 Å². The largest absolute Gasteiger partial charge is 0.444 e. The van der Waals surface area contributed by atoms with Gasteiger partial charge in [-0.1, -0.05) is 13.8 Å². The molecule has 0 aromatic heterocycles. The van der Waals surface area contributed by atoms with Crippen LogP contribution in [0.5, 0.6) is 0 Å². The van der Waals surface area contributed by atoms with Crippen LogP contribution < -0.4 is 5.73 Å². The number of piperidine rings is 1. The van der Waals surface area contributed by atoms with Crippen LogP contribution in [-0.2, 0) is 4.74 Å². The zero-order valence-electron chi connectivity index (χ0n) is 15.5. The van der Waals surface area contributed by atoms with Gasteiger partial charge in [-0.2, -0.15) is 0 Å². The van der Waals surface area contributed by atoms with Gasteiger partial charge in [-0.05, 0) is 65.7 Å². The van der Waals surface area contributed by atoms with E-state index in [2.05, 4.69) is 27.7 Å². The SMILES string of the molecule is CC1(C)CCC(C2(C(C)(C)N)CC2)N(C(=O)OC(C)(C)C)C1. The minimum absolute atomic E-state index is 0.0560. The van der Waals surface area contributed by atoms with Crippen molar-refractivity contribution in [2.24, 2.45) is 16.6 Å². The molecule has 1 saturated heterocycles. The molecule has 4 nitrogen and oxygen atoms in total. The number of likely N-dealkylation sites (tertiary alicyclic amines) is 1. The molecule has 1 saturated carbocycles. The fraction of sp³-hybridized carbons (Fsp3) is 0.944. The number of amides is 1. The minimum Gasteiger partial charge on any atom is -0.444 e. The van der Waals surface area contributed by atoms with Crippen molar-refractivity contribution in [3.63, 3.8) is 0 Å². The zero-order valence-corrected chi connectivity index (χ0v) is 15.5. The maximum absolute atomic E-state index is 12.8. The van der Waals surface area contributed by atoms with Crippen molar-refractivity contribution in [1.82, 2.24) is 4.90 Å². The molecule has 2 aliphatic rings. The maximum atomic E-state index is 12.8. The molecule has 1 aliphatic heterocycles. The lowest BCUT2D eigenvalue weighted by molar-refractivity contribution is -0.0302. The molecule has 2 rings (SSSR count). The zero-order chi connectivity index (χ0) is 17.0. The highest BCUT2D eigenvalue weighted by Gasteiger charge is 2.61.